The Morgan fingerprint density at radius 1 is 1.32 bits per heavy atom. The summed E-state index contributed by atoms with van der Waals surface area (Å²) >= 11 is 0. The first-order valence-electron chi connectivity index (χ1n) is 6.63. The summed E-state index contributed by atoms with van der Waals surface area (Å²) in [6, 6.07) is 10.0. The summed E-state index contributed by atoms with van der Waals surface area (Å²) in [7, 11) is 0. The van der Waals surface area contributed by atoms with Crippen LogP contribution in [0, 0.1) is 5.41 Å². The summed E-state index contributed by atoms with van der Waals surface area (Å²) in [6.07, 6.45) is 2.60. The van der Waals surface area contributed by atoms with Gasteiger partial charge in [0, 0.05) is 6.04 Å². The fourth-order valence-electron chi connectivity index (χ4n) is 2.13. The maximum absolute atomic E-state index is 11.9. The van der Waals surface area contributed by atoms with Crippen LogP contribution in [-0.2, 0) is 16.0 Å². The van der Waals surface area contributed by atoms with Crippen LogP contribution < -0.4 is 5.32 Å². The van der Waals surface area contributed by atoms with E-state index in [2.05, 4.69) is 5.32 Å². The van der Waals surface area contributed by atoms with Crippen LogP contribution >= 0.6 is 0 Å². The van der Waals surface area contributed by atoms with E-state index in [0.29, 0.717) is 12.8 Å². The van der Waals surface area contributed by atoms with Crippen LogP contribution in [0.15, 0.2) is 30.3 Å². The molecule has 4 nitrogen and oxygen atoms in total. The van der Waals surface area contributed by atoms with Gasteiger partial charge < -0.3 is 10.4 Å². The van der Waals surface area contributed by atoms with Gasteiger partial charge in [-0.15, -0.1) is 0 Å². The lowest BCUT2D eigenvalue weighted by atomic mass is 10.0. The lowest BCUT2D eigenvalue weighted by Crippen LogP contribution is -2.41. The van der Waals surface area contributed by atoms with Gasteiger partial charge in [0.15, 0.2) is 0 Å². The molecule has 1 saturated carbocycles. The number of hydrogen-bond donors (Lipinski definition) is 2. The molecule has 0 bridgehead atoms. The Kier molecular flexibility index (Phi) is 3.88. The van der Waals surface area contributed by atoms with Gasteiger partial charge in [0.1, 0.15) is 5.41 Å². The molecule has 1 atom stereocenters. The molecule has 2 rings (SSSR count). The Morgan fingerprint density at radius 2 is 1.95 bits per heavy atom. The van der Waals surface area contributed by atoms with E-state index in [9.17, 15) is 9.59 Å². The number of carboxylic acid groups (broad SMARTS) is 1. The molecule has 0 saturated heterocycles. The fourth-order valence-corrected chi connectivity index (χ4v) is 2.13. The van der Waals surface area contributed by atoms with Crippen molar-refractivity contribution in [1.29, 1.82) is 0 Å². The van der Waals surface area contributed by atoms with Crippen molar-refractivity contribution in [2.45, 2.75) is 38.6 Å². The molecule has 19 heavy (non-hydrogen) atoms. The maximum atomic E-state index is 11.9. The molecule has 1 unspecified atom stereocenters. The van der Waals surface area contributed by atoms with Gasteiger partial charge in [0.05, 0.1) is 0 Å². The number of carboxylic acids is 1. The smallest absolute Gasteiger partial charge is 0.319 e. The molecule has 0 spiro atoms. The molecule has 0 heterocycles. The number of aliphatic carboxylic acids is 1. The SMILES string of the molecule is CC(CCc1ccccc1)NC(=O)C1(C(=O)O)CC1. The predicted octanol–water partition coefficient (Wildman–Crippen LogP) is 1.99. The highest BCUT2D eigenvalue weighted by Crippen LogP contribution is 2.46. The van der Waals surface area contributed by atoms with E-state index in [1.54, 1.807) is 0 Å². The second kappa shape index (κ2) is 5.43. The van der Waals surface area contributed by atoms with Gasteiger partial charge >= 0.3 is 5.97 Å². The lowest BCUT2D eigenvalue weighted by Gasteiger charge is -2.17. The van der Waals surface area contributed by atoms with Crippen LogP contribution in [0.1, 0.15) is 31.7 Å². The van der Waals surface area contributed by atoms with Gasteiger partial charge in [-0.05, 0) is 38.2 Å². The first-order valence-corrected chi connectivity index (χ1v) is 6.63. The first-order chi connectivity index (χ1) is 9.04. The molecule has 0 aliphatic heterocycles. The molecule has 1 aromatic carbocycles. The minimum Gasteiger partial charge on any atom is -0.480 e. The molecule has 1 aliphatic rings. The molecular formula is C15H19NO3. The summed E-state index contributed by atoms with van der Waals surface area (Å²) < 4.78 is 0. The van der Waals surface area contributed by atoms with Gasteiger partial charge in [0.25, 0.3) is 0 Å². The van der Waals surface area contributed by atoms with E-state index in [-0.39, 0.29) is 11.9 Å². The summed E-state index contributed by atoms with van der Waals surface area (Å²) in [5, 5.41) is 11.8. The minimum atomic E-state index is -1.14. The van der Waals surface area contributed by atoms with Crippen LogP contribution in [0.5, 0.6) is 0 Å². The number of rotatable bonds is 6. The normalized spacial score (nSPS) is 17.5. The zero-order valence-corrected chi connectivity index (χ0v) is 11.1. The summed E-state index contributed by atoms with van der Waals surface area (Å²) in [6.45, 7) is 1.92. The van der Waals surface area contributed by atoms with Crippen LogP contribution in [0.25, 0.3) is 0 Å². The first kappa shape index (κ1) is 13.6. The van der Waals surface area contributed by atoms with Crippen molar-refractivity contribution in [1.82, 2.24) is 5.32 Å². The molecule has 4 heteroatoms. The van der Waals surface area contributed by atoms with Crippen molar-refractivity contribution >= 4 is 11.9 Å². The minimum absolute atomic E-state index is 0.00969. The highest BCUT2D eigenvalue weighted by molar-refractivity contribution is 6.04. The number of benzene rings is 1. The summed E-state index contributed by atoms with van der Waals surface area (Å²) in [5.41, 5.74) is 0.0871. The Labute approximate surface area is 112 Å². The van der Waals surface area contributed by atoms with Gasteiger partial charge in [-0.25, -0.2) is 0 Å². The molecule has 1 fully saturated rings. The molecule has 0 aromatic heterocycles. The average molecular weight is 261 g/mol. The van der Waals surface area contributed by atoms with E-state index < -0.39 is 11.4 Å². The topological polar surface area (TPSA) is 66.4 Å². The number of carbonyl (C=O) groups excluding carboxylic acids is 1. The number of amides is 1. The van der Waals surface area contributed by atoms with Gasteiger partial charge in [-0.2, -0.15) is 0 Å². The summed E-state index contributed by atoms with van der Waals surface area (Å²) in [4.78, 5) is 22.9. The maximum Gasteiger partial charge on any atom is 0.319 e. The highest BCUT2D eigenvalue weighted by atomic mass is 16.4. The molecule has 1 amide bonds. The second-order valence-electron chi connectivity index (χ2n) is 5.29. The summed E-state index contributed by atoms with van der Waals surface area (Å²) in [5.74, 6) is -1.33. The predicted molar refractivity (Wildman–Crippen MR) is 71.7 cm³/mol. The van der Waals surface area contributed by atoms with Gasteiger partial charge in [-0.1, -0.05) is 30.3 Å². The van der Waals surface area contributed by atoms with Crippen LogP contribution in [0.3, 0.4) is 0 Å². The third-order valence-electron chi connectivity index (χ3n) is 3.68. The van der Waals surface area contributed by atoms with Crippen molar-refractivity contribution in [3.05, 3.63) is 35.9 Å². The molecule has 2 N–H and O–H groups in total. The van der Waals surface area contributed by atoms with E-state index in [1.165, 1.54) is 5.56 Å². The number of nitrogens with one attached hydrogen (secondary N) is 1. The van der Waals surface area contributed by atoms with Gasteiger partial charge in [0.2, 0.25) is 5.91 Å². The molecule has 102 valence electrons. The van der Waals surface area contributed by atoms with Gasteiger partial charge in [-0.3, -0.25) is 9.59 Å². The van der Waals surface area contributed by atoms with E-state index in [1.807, 2.05) is 37.3 Å². The Hall–Kier alpha value is -1.84. The van der Waals surface area contributed by atoms with E-state index in [4.69, 9.17) is 5.11 Å². The van der Waals surface area contributed by atoms with E-state index in [0.717, 1.165) is 12.8 Å². The zero-order chi connectivity index (χ0) is 13.9. The standard InChI is InChI=1S/C15H19NO3/c1-11(7-8-12-5-3-2-4-6-12)16-13(17)15(9-10-15)14(18)19/h2-6,11H,7-10H2,1H3,(H,16,17)(H,18,19). The number of aryl methyl sites for hydroxylation is 1. The van der Waals surface area contributed by atoms with Crippen molar-refractivity contribution in [3.8, 4) is 0 Å². The lowest BCUT2D eigenvalue weighted by molar-refractivity contribution is -0.149. The van der Waals surface area contributed by atoms with Crippen LogP contribution in [0.4, 0.5) is 0 Å². The van der Waals surface area contributed by atoms with E-state index >= 15 is 0 Å². The third-order valence-corrected chi connectivity index (χ3v) is 3.68. The second-order valence-corrected chi connectivity index (χ2v) is 5.29. The third kappa shape index (κ3) is 3.13. The van der Waals surface area contributed by atoms with Crippen LogP contribution in [-0.4, -0.2) is 23.0 Å². The van der Waals surface area contributed by atoms with Crippen LogP contribution in [0.2, 0.25) is 0 Å². The number of hydrogen-bond acceptors (Lipinski definition) is 2. The van der Waals surface area contributed by atoms with Crippen molar-refractivity contribution < 1.29 is 14.7 Å². The zero-order valence-electron chi connectivity index (χ0n) is 11.1. The van der Waals surface area contributed by atoms with Crippen molar-refractivity contribution in [2.75, 3.05) is 0 Å². The fraction of sp³-hybridized carbons (Fsp3) is 0.467. The highest BCUT2D eigenvalue weighted by Gasteiger charge is 2.57. The Morgan fingerprint density at radius 3 is 2.47 bits per heavy atom. The quantitative estimate of drug-likeness (QED) is 0.770. The molecule has 1 aliphatic carbocycles. The monoisotopic (exact) mass is 261 g/mol. The molecular weight excluding hydrogens is 242 g/mol. The Balaban J connectivity index is 1.80. The molecule has 0 radical (unpaired) electrons. The van der Waals surface area contributed by atoms with Crippen molar-refractivity contribution in [2.24, 2.45) is 5.41 Å². The average Bonchev–Trinajstić information content (AvgIpc) is 3.19. The number of carbonyl (C=O) groups is 2. The largest absolute Gasteiger partial charge is 0.480 e. The Bertz CT molecular complexity index is 466. The van der Waals surface area contributed by atoms with Crippen molar-refractivity contribution in [3.63, 3.8) is 0 Å². The molecule has 1 aromatic rings.